The van der Waals surface area contributed by atoms with Crippen LogP contribution in [0.15, 0.2) is 76.7 Å². The predicted molar refractivity (Wildman–Crippen MR) is 135 cm³/mol. The van der Waals surface area contributed by atoms with E-state index in [9.17, 15) is 28.4 Å². The number of carboxylic acid groups (broad SMARTS) is 1. The van der Waals surface area contributed by atoms with E-state index < -0.39 is 31.5 Å². The van der Waals surface area contributed by atoms with Crippen LogP contribution in [0.25, 0.3) is 0 Å². The van der Waals surface area contributed by atoms with Gasteiger partial charge in [-0.25, -0.2) is 13.2 Å². The molecule has 3 rings (SSSR count). The molecule has 0 unspecified atom stereocenters. The number of nitrogens with zero attached hydrogens (tertiary/aromatic N) is 3. The van der Waals surface area contributed by atoms with Crippen LogP contribution in [0.1, 0.15) is 15.9 Å². The summed E-state index contributed by atoms with van der Waals surface area (Å²) >= 11 is 0. The van der Waals surface area contributed by atoms with Gasteiger partial charge in [0.05, 0.1) is 33.9 Å². The lowest BCUT2D eigenvalue weighted by Crippen LogP contribution is -2.20. The van der Waals surface area contributed by atoms with Crippen molar-refractivity contribution in [3.63, 3.8) is 0 Å². The van der Waals surface area contributed by atoms with E-state index in [-0.39, 0.29) is 23.5 Å². The van der Waals surface area contributed by atoms with Crippen molar-refractivity contribution in [2.24, 2.45) is 5.10 Å². The minimum atomic E-state index is -4.32. The van der Waals surface area contributed by atoms with Crippen LogP contribution in [0, 0.1) is 10.1 Å². The maximum atomic E-state index is 12.8. The third-order valence-electron chi connectivity index (χ3n) is 5.05. The largest absolute Gasteiger partial charge is 0.478 e. The molecule has 12 nitrogen and oxygen atoms in total. The molecule has 3 aromatic carbocycles. The number of para-hydroxylation sites is 1. The normalized spacial score (nSPS) is 11.3. The summed E-state index contributed by atoms with van der Waals surface area (Å²) in [6, 6.07) is 15.8. The molecule has 0 spiro atoms. The van der Waals surface area contributed by atoms with Crippen molar-refractivity contribution in [3.05, 3.63) is 88.0 Å². The minimum Gasteiger partial charge on any atom is -0.478 e. The fourth-order valence-corrected chi connectivity index (χ4v) is 4.26. The number of hydrogen-bond acceptors (Lipinski definition) is 9. The van der Waals surface area contributed by atoms with Crippen LogP contribution in [0.2, 0.25) is 0 Å². The molecule has 0 saturated heterocycles. The number of hydrogen-bond donors (Lipinski definition) is 4. The number of nitrogens with one attached hydrogen (secondary N) is 2. The number of likely N-dealkylation sites (N-methyl/N-ethyl adjacent to an activating group) is 1. The molecule has 0 aliphatic carbocycles. The Morgan fingerprint density at radius 3 is 2.44 bits per heavy atom. The topological polar surface area (TPSA) is 174 Å². The molecule has 36 heavy (non-hydrogen) atoms. The first-order valence-electron chi connectivity index (χ1n) is 10.5. The van der Waals surface area contributed by atoms with Crippen molar-refractivity contribution in [1.82, 2.24) is 0 Å². The lowest BCUT2D eigenvalue weighted by molar-refractivity contribution is -0.384. The molecule has 0 aliphatic heterocycles. The SMILES string of the molecule is CN(CCO)c1ccc(C=NNc2ccc(S(=O)(=O)Nc3ccccc3C(=O)O)cc2[N+](=O)[O-])cc1. The van der Waals surface area contributed by atoms with Crippen LogP contribution < -0.4 is 15.0 Å². The lowest BCUT2D eigenvalue weighted by atomic mass is 10.2. The molecule has 13 heteroatoms. The smallest absolute Gasteiger partial charge is 0.337 e. The summed E-state index contributed by atoms with van der Waals surface area (Å²) in [5.41, 5.74) is 3.11. The quantitative estimate of drug-likeness (QED) is 0.171. The molecule has 0 bridgehead atoms. The zero-order chi connectivity index (χ0) is 26.3. The van der Waals surface area contributed by atoms with Gasteiger partial charge in [-0.15, -0.1) is 0 Å². The standard InChI is InChI=1S/C23H23N5O7S/c1-27(12-13-29)17-8-6-16(7-9-17)15-24-25-21-11-10-18(14-22(21)28(32)33)36(34,35)26-20-5-3-2-4-19(20)23(30)31/h2-11,14-15,25-26,29H,12-13H2,1H3,(H,30,31). The third kappa shape index (κ3) is 6.34. The van der Waals surface area contributed by atoms with Crippen LogP contribution in [0.3, 0.4) is 0 Å². The number of nitro groups is 1. The minimum absolute atomic E-state index is 0.0220. The van der Waals surface area contributed by atoms with E-state index in [2.05, 4.69) is 15.2 Å². The van der Waals surface area contributed by atoms with Gasteiger partial charge in [-0.2, -0.15) is 5.10 Å². The van der Waals surface area contributed by atoms with Crippen LogP contribution in [0.5, 0.6) is 0 Å². The van der Waals surface area contributed by atoms with Gasteiger partial charge < -0.3 is 15.1 Å². The number of sulfonamides is 1. The van der Waals surface area contributed by atoms with Gasteiger partial charge in [0.15, 0.2) is 0 Å². The fraction of sp³-hybridized carbons (Fsp3) is 0.130. The molecule has 0 aromatic heterocycles. The molecule has 0 atom stereocenters. The highest BCUT2D eigenvalue weighted by Crippen LogP contribution is 2.29. The Bertz CT molecular complexity index is 1390. The number of nitro benzene ring substituents is 1. The number of anilines is 3. The zero-order valence-corrected chi connectivity index (χ0v) is 19.8. The highest BCUT2D eigenvalue weighted by Gasteiger charge is 2.23. The fourth-order valence-electron chi connectivity index (χ4n) is 3.16. The second-order valence-electron chi connectivity index (χ2n) is 7.50. The van der Waals surface area contributed by atoms with Crippen LogP contribution in [0.4, 0.5) is 22.7 Å². The van der Waals surface area contributed by atoms with Crippen molar-refractivity contribution in [2.75, 3.05) is 35.2 Å². The van der Waals surface area contributed by atoms with E-state index in [1.807, 2.05) is 24.1 Å². The average Bonchev–Trinajstić information content (AvgIpc) is 2.84. The Hall–Kier alpha value is -4.49. The van der Waals surface area contributed by atoms with Crippen molar-refractivity contribution >= 4 is 45.0 Å². The van der Waals surface area contributed by atoms with Crippen molar-refractivity contribution in [3.8, 4) is 0 Å². The van der Waals surface area contributed by atoms with Crippen molar-refractivity contribution in [2.45, 2.75) is 4.90 Å². The number of aliphatic hydroxyl groups is 1. The van der Waals surface area contributed by atoms with E-state index in [0.717, 1.165) is 17.8 Å². The molecule has 4 N–H and O–H groups in total. The summed E-state index contributed by atoms with van der Waals surface area (Å²) in [5.74, 6) is -1.33. The van der Waals surface area contributed by atoms with Crippen molar-refractivity contribution in [1.29, 1.82) is 0 Å². The number of carbonyl (C=O) groups is 1. The molecule has 3 aromatic rings. The molecular weight excluding hydrogens is 490 g/mol. The van der Waals surface area contributed by atoms with E-state index in [1.54, 1.807) is 12.1 Å². The molecule has 0 amide bonds. The van der Waals surface area contributed by atoms with Gasteiger partial charge in [-0.05, 0) is 42.0 Å². The first kappa shape index (κ1) is 26.1. The lowest BCUT2D eigenvalue weighted by Gasteiger charge is -2.17. The monoisotopic (exact) mass is 513 g/mol. The van der Waals surface area contributed by atoms with Crippen molar-refractivity contribution < 1.29 is 28.3 Å². The number of hydrazone groups is 1. The molecule has 0 saturated carbocycles. The second-order valence-corrected chi connectivity index (χ2v) is 9.18. The number of carboxylic acids is 1. The van der Waals surface area contributed by atoms with Gasteiger partial charge in [0.2, 0.25) is 0 Å². The molecule has 0 fully saturated rings. The number of aromatic carboxylic acids is 1. The van der Waals surface area contributed by atoms with E-state index in [1.165, 1.54) is 36.5 Å². The Morgan fingerprint density at radius 1 is 1.11 bits per heavy atom. The average molecular weight is 514 g/mol. The summed E-state index contributed by atoms with van der Waals surface area (Å²) in [6.45, 7) is 0.500. The van der Waals surface area contributed by atoms with E-state index >= 15 is 0 Å². The number of aliphatic hydroxyl groups excluding tert-OH is 1. The highest BCUT2D eigenvalue weighted by atomic mass is 32.2. The maximum Gasteiger partial charge on any atom is 0.337 e. The predicted octanol–water partition coefficient (Wildman–Crippen LogP) is 2.97. The summed E-state index contributed by atoms with van der Waals surface area (Å²) < 4.78 is 27.7. The summed E-state index contributed by atoms with van der Waals surface area (Å²) in [7, 11) is -2.49. The Labute approximate surface area is 206 Å². The molecular formula is C23H23N5O7S. The Kier molecular flexibility index (Phi) is 8.19. The van der Waals surface area contributed by atoms with Gasteiger partial charge >= 0.3 is 5.97 Å². The van der Waals surface area contributed by atoms with Gasteiger partial charge in [-0.3, -0.25) is 20.3 Å². The van der Waals surface area contributed by atoms with Gasteiger partial charge in [0.25, 0.3) is 15.7 Å². The molecule has 0 aliphatic rings. The first-order valence-corrected chi connectivity index (χ1v) is 12.0. The van der Waals surface area contributed by atoms with Crippen LogP contribution >= 0.6 is 0 Å². The molecule has 0 heterocycles. The second kappa shape index (κ2) is 11.3. The summed E-state index contributed by atoms with van der Waals surface area (Å²) in [6.07, 6.45) is 1.44. The molecule has 0 radical (unpaired) electrons. The Morgan fingerprint density at radius 2 is 1.81 bits per heavy atom. The van der Waals surface area contributed by atoms with Gasteiger partial charge in [-0.1, -0.05) is 24.3 Å². The van der Waals surface area contributed by atoms with Gasteiger partial charge in [0.1, 0.15) is 5.69 Å². The first-order chi connectivity index (χ1) is 17.1. The zero-order valence-electron chi connectivity index (χ0n) is 19.0. The van der Waals surface area contributed by atoms with Crippen LogP contribution in [-0.2, 0) is 10.0 Å². The highest BCUT2D eigenvalue weighted by molar-refractivity contribution is 7.92. The number of benzene rings is 3. The van der Waals surface area contributed by atoms with E-state index in [0.29, 0.717) is 12.1 Å². The number of rotatable bonds is 11. The third-order valence-corrected chi connectivity index (χ3v) is 6.41. The van der Waals surface area contributed by atoms with Gasteiger partial charge in [0, 0.05) is 25.3 Å². The Balaban J connectivity index is 1.79. The molecule has 188 valence electrons. The van der Waals surface area contributed by atoms with Crippen LogP contribution in [-0.4, -0.2) is 55.9 Å². The maximum absolute atomic E-state index is 12.8. The summed E-state index contributed by atoms with van der Waals surface area (Å²) in [4.78, 5) is 23.6. The van der Waals surface area contributed by atoms with E-state index in [4.69, 9.17) is 5.11 Å². The summed E-state index contributed by atoms with van der Waals surface area (Å²) in [5, 5.41) is 33.9.